The number of sulfonamides is 1. The van der Waals surface area contributed by atoms with Crippen molar-refractivity contribution in [3.8, 4) is 0 Å². The maximum Gasteiger partial charge on any atom is 0.355 e. The molecule has 168 valence electrons. The van der Waals surface area contributed by atoms with Gasteiger partial charge in [0.15, 0.2) is 6.61 Å². The summed E-state index contributed by atoms with van der Waals surface area (Å²) in [5, 5.41) is 3.48. The average Bonchev–Trinajstić information content (AvgIpc) is 3.24. The van der Waals surface area contributed by atoms with Gasteiger partial charge in [0.25, 0.3) is 5.91 Å². The van der Waals surface area contributed by atoms with E-state index in [1.54, 1.807) is 25.1 Å². The van der Waals surface area contributed by atoms with Crippen LogP contribution in [0.3, 0.4) is 0 Å². The molecule has 0 bridgehead atoms. The zero-order valence-corrected chi connectivity index (χ0v) is 18.6. The molecule has 2 N–H and O–H groups in total. The van der Waals surface area contributed by atoms with Crippen LogP contribution < -0.4 is 5.32 Å². The maximum atomic E-state index is 13.0. The largest absolute Gasteiger partial charge is 0.451 e. The number of ether oxygens (including phenoxy) is 1. The van der Waals surface area contributed by atoms with E-state index in [9.17, 15) is 18.0 Å². The lowest BCUT2D eigenvalue weighted by atomic mass is 10.2. The maximum absolute atomic E-state index is 13.0. The van der Waals surface area contributed by atoms with Crippen molar-refractivity contribution < 1.29 is 22.7 Å². The van der Waals surface area contributed by atoms with E-state index in [1.165, 1.54) is 10.4 Å². The van der Waals surface area contributed by atoms with Gasteiger partial charge < -0.3 is 15.0 Å². The molecule has 0 aliphatic carbocycles. The predicted octanol–water partition coefficient (Wildman–Crippen LogP) is 3.45. The van der Waals surface area contributed by atoms with Gasteiger partial charge in [0.1, 0.15) is 5.69 Å². The van der Waals surface area contributed by atoms with Crippen molar-refractivity contribution in [3.05, 3.63) is 59.8 Å². The molecule has 1 saturated heterocycles. The third-order valence-electron chi connectivity index (χ3n) is 5.49. The van der Waals surface area contributed by atoms with Gasteiger partial charge in [0.05, 0.1) is 4.90 Å². The molecule has 0 spiro atoms. The standard InChI is InChI=1S/C23H25N3O5S/c1-16-9-10-18(14-21(16)32(29,30)26-11-5-2-6-12-26)24-22(27)15-31-23(28)20-13-17-7-3-4-8-19(17)25-20/h3-4,7-10,13-14,25H,2,5-6,11-12,15H2,1H3,(H,24,27). The highest BCUT2D eigenvalue weighted by Gasteiger charge is 2.27. The van der Waals surface area contributed by atoms with Crippen LogP contribution in [0.4, 0.5) is 5.69 Å². The van der Waals surface area contributed by atoms with E-state index < -0.39 is 28.5 Å². The third kappa shape index (κ3) is 4.68. The quantitative estimate of drug-likeness (QED) is 0.554. The number of aromatic amines is 1. The second-order valence-electron chi connectivity index (χ2n) is 7.84. The lowest BCUT2D eigenvalue weighted by molar-refractivity contribution is -0.119. The molecule has 2 heterocycles. The number of piperidine rings is 1. The number of nitrogens with zero attached hydrogens (tertiary/aromatic N) is 1. The zero-order valence-electron chi connectivity index (χ0n) is 17.8. The number of benzene rings is 2. The fraction of sp³-hybridized carbons (Fsp3) is 0.304. The lowest BCUT2D eigenvalue weighted by Crippen LogP contribution is -2.36. The average molecular weight is 456 g/mol. The molecule has 1 aliphatic heterocycles. The first kappa shape index (κ1) is 22.0. The molecular weight excluding hydrogens is 430 g/mol. The summed E-state index contributed by atoms with van der Waals surface area (Å²) in [5.41, 5.74) is 1.99. The first-order valence-electron chi connectivity index (χ1n) is 10.5. The highest BCUT2D eigenvalue weighted by molar-refractivity contribution is 7.89. The molecule has 1 aliphatic rings. The fourth-order valence-corrected chi connectivity index (χ4v) is 5.56. The minimum absolute atomic E-state index is 0.173. The lowest BCUT2D eigenvalue weighted by Gasteiger charge is -2.26. The van der Waals surface area contributed by atoms with Gasteiger partial charge in [0, 0.05) is 29.7 Å². The Bertz CT molecular complexity index is 1230. The topological polar surface area (TPSA) is 109 Å². The van der Waals surface area contributed by atoms with Gasteiger partial charge in [-0.25, -0.2) is 13.2 Å². The van der Waals surface area contributed by atoms with Crippen LogP contribution in [0.2, 0.25) is 0 Å². The van der Waals surface area contributed by atoms with Crippen LogP contribution in [0.25, 0.3) is 10.9 Å². The second kappa shape index (κ2) is 9.13. The summed E-state index contributed by atoms with van der Waals surface area (Å²) in [7, 11) is -3.63. The van der Waals surface area contributed by atoms with Crippen molar-refractivity contribution in [1.29, 1.82) is 0 Å². The molecule has 0 unspecified atom stereocenters. The smallest absolute Gasteiger partial charge is 0.355 e. The van der Waals surface area contributed by atoms with E-state index in [0.717, 1.165) is 30.2 Å². The number of anilines is 1. The van der Waals surface area contributed by atoms with Crippen molar-refractivity contribution in [2.75, 3.05) is 25.0 Å². The van der Waals surface area contributed by atoms with Crippen molar-refractivity contribution in [3.63, 3.8) is 0 Å². The number of para-hydroxylation sites is 1. The summed E-state index contributed by atoms with van der Waals surface area (Å²) in [6.07, 6.45) is 2.71. The van der Waals surface area contributed by atoms with Crippen molar-refractivity contribution in [1.82, 2.24) is 9.29 Å². The SMILES string of the molecule is Cc1ccc(NC(=O)COC(=O)c2cc3ccccc3[nH]2)cc1S(=O)(=O)N1CCCCC1. The van der Waals surface area contributed by atoms with Crippen LogP contribution in [0.15, 0.2) is 53.4 Å². The number of rotatable bonds is 6. The van der Waals surface area contributed by atoms with Crippen LogP contribution in [0.1, 0.15) is 35.3 Å². The number of H-pyrrole nitrogens is 1. The number of aromatic nitrogens is 1. The molecule has 32 heavy (non-hydrogen) atoms. The number of hydrogen-bond acceptors (Lipinski definition) is 5. The Morgan fingerprint density at radius 1 is 1.06 bits per heavy atom. The van der Waals surface area contributed by atoms with Gasteiger partial charge >= 0.3 is 5.97 Å². The number of hydrogen-bond donors (Lipinski definition) is 2. The summed E-state index contributed by atoms with van der Waals surface area (Å²) in [4.78, 5) is 27.7. The number of carbonyl (C=O) groups excluding carboxylic acids is 2. The van der Waals surface area contributed by atoms with E-state index in [2.05, 4.69) is 10.3 Å². The number of carbonyl (C=O) groups is 2. The highest BCUT2D eigenvalue weighted by atomic mass is 32.2. The fourth-order valence-electron chi connectivity index (χ4n) is 3.79. The highest BCUT2D eigenvalue weighted by Crippen LogP contribution is 2.26. The van der Waals surface area contributed by atoms with Gasteiger partial charge in [-0.2, -0.15) is 4.31 Å². The number of nitrogens with one attached hydrogen (secondary N) is 2. The molecule has 0 radical (unpaired) electrons. The van der Waals surface area contributed by atoms with E-state index in [-0.39, 0.29) is 10.6 Å². The van der Waals surface area contributed by atoms with Gasteiger partial charge in [-0.15, -0.1) is 0 Å². The molecule has 2 aromatic carbocycles. The number of fused-ring (bicyclic) bond motifs is 1. The Labute approximate surface area is 186 Å². The molecule has 1 amide bonds. The molecule has 1 fully saturated rings. The summed E-state index contributed by atoms with van der Waals surface area (Å²) < 4.78 is 32.7. The van der Waals surface area contributed by atoms with Gasteiger partial charge in [-0.3, -0.25) is 4.79 Å². The van der Waals surface area contributed by atoms with Crippen LogP contribution in [-0.4, -0.2) is 49.3 Å². The van der Waals surface area contributed by atoms with E-state index in [4.69, 9.17) is 4.74 Å². The Hall–Kier alpha value is -3.17. The minimum Gasteiger partial charge on any atom is -0.451 e. The molecule has 8 nitrogen and oxygen atoms in total. The molecule has 0 saturated carbocycles. The van der Waals surface area contributed by atoms with Crippen LogP contribution in [0.5, 0.6) is 0 Å². The summed E-state index contributed by atoms with van der Waals surface area (Å²) in [6, 6.07) is 13.8. The van der Waals surface area contributed by atoms with Gasteiger partial charge in [-0.1, -0.05) is 30.7 Å². The Morgan fingerprint density at radius 2 is 1.81 bits per heavy atom. The monoisotopic (exact) mass is 455 g/mol. The second-order valence-corrected chi connectivity index (χ2v) is 9.75. The number of aryl methyl sites for hydroxylation is 1. The van der Waals surface area contributed by atoms with Crippen LogP contribution >= 0.6 is 0 Å². The van der Waals surface area contributed by atoms with E-state index in [1.807, 2.05) is 24.3 Å². The summed E-state index contributed by atoms with van der Waals surface area (Å²) in [6.45, 7) is 2.24. The van der Waals surface area contributed by atoms with Crippen LogP contribution in [0, 0.1) is 6.92 Å². The molecule has 0 atom stereocenters. The Balaban J connectivity index is 1.41. The predicted molar refractivity (Wildman–Crippen MR) is 121 cm³/mol. The molecule has 9 heteroatoms. The Morgan fingerprint density at radius 3 is 2.56 bits per heavy atom. The minimum atomic E-state index is -3.63. The number of amides is 1. The van der Waals surface area contributed by atoms with Crippen molar-refractivity contribution >= 4 is 38.5 Å². The molecule has 4 rings (SSSR count). The molecule has 1 aromatic heterocycles. The summed E-state index contributed by atoms with van der Waals surface area (Å²) >= 11 is 0. The van der Waals surface area contributed by atoms with Gasteiger partial charge in [0.2, 0.25) is 10.0 Å². The van der Waals surface area contributed by atoms with E-state index >= 15 is 0 Å². The third-order valence-corrected chi connectivity index (χ3v) is 7.53. The van der Waals surface area contributed by atoms with Crippen molar-refractivity contribution in [2.45, 2.75) is 31.1 Å². The first-order chi connectivity index (χ1) is 15.3. The molecular formula is C23H25N3O5S. The first-order valence-corrected chi connectivity index (χ1v) is 11.9. The van der Waals surface area contributed by atoms with Crippen molar-refractivity contribution in [2.24, 2.45) is 0 Å². The van der Waals surface area contributed by atoms with E-state index in [0.29, 0.717) is 24.3 Å². The zero-order chi connectivity index (χ0) is 22.7. The normalized spacial score (nSPS) is 14.9. The van der Waals surface area contributed by atoms with Gasteiger partial charge in [-0.05, 0) is 49.6 Å². The number of esters is 1. The molecule has 3 aromatic rings. The van der Waals surface area contributed by atoms with Crippen LogP contribution in [-0.2, 0) is 19.6 Å². The Kier molecular flexibility index (Phi) is 6.29. The summed E-state index contributed by atoms with van der Waals surface area (Å²) in [5.74, 6) is -1.20.